The predicted octanol–water partition coefficient (Wildman–Crippen LogP) is 7.25. The Bertz CT molecular complexity index is 1980. The van der Waals surface area contributed by atoms with E-state index in [2.05, 4.69) is 134 Å². The molecule has 210 valence electrons. The van der Waals surface area contributed by atoms with Crippen LogP contribution in [-0.2, 0) is 0 Å². The first-order valence-corrected chi connectivity index (χ1v) is 17.3. The van der Waals surface area contributed by atoms with Crippen LogP contribution in [0.2, 0.25) is 0 Å². The molecule has 0 saturated heterocycles. The lowest BCUT2D eigenvalue weighted by molar-refractivity contribution is 0.748. The maximum absolute atomic E-state index is 5.08. The van der Waals surface area contributed by atoms with E-state index in [0.29, 0.717) is 5.92 Å². The van der Waals surface area contributed by atoms with Crippen molar-refractivity contribution in [3.8, 4) is 33.9 Å². The summed E-state index contributed by atoms with van der Waals surface area (Å²) >= 11 is 0. The van der Waals surface area contributed by atoms with Gasteiger partial charge in [-0.15, -0.1) is 0 Å². The molecule has 3 nitrogen and oxygen atoms in total. The van der Waals surface area contributed by atoms with Gasteiger partial charge in [0, 0.05) is 28.2 Å². The lowest BCUT2D eigenvalue weighted by Crippen LogP contribution is -2.68. The van der Waals surface area contributed by atoms with Crippen LogP contribution < -0.4 is 15.7 Å². The molecule has 2 aromatic heterocycles. The van der Waals surface area contributed by atoms with Gasteiger partial charge < -0.3 is 0 Å². The van der Waals surface area contributed by atoms with Gasteiger partial charge in [-0.2, -0.15) is 0 Å². The van der Waals surface area contributed by atoms with Crippen molar-refractivity contribution in [1.29, 1.82) is 0 Å². The number of nitrogens with zero attached hydrogens (tertiary/aromatic N) is 3. The van der Waals surface area contributed by atoms with Crippen LogP contribution in [0.4, 0.5) is 0 Å². The van der Waals surface area contributed by atoms with Crippen LogP contribution in [0.15, 0.2) is 157 Å². The fourth-order valence-corrected chi connectivity index (χ4v) is 12.0. The van der Waals surface area contributed by atoms with E-state index in [-0.39, 0.29) is 0 Å². The number of allylic oxidation sites excluding steroid dienone is 4. The molecule has 4 heteroatoms. The fraction of sp³-hybridized carbons (Fsp3) is 0.0750. The highest BCUT2D eigenvalue weighted by Gasteiger charge is 2.51. The second kappa shape index (κ2) is 10.8. The molecule has 0 fully saturated rings. The molecular formula is C40H31N3Si. The zero-order valence-electron chi connectivity index (χ0n) is 24.6. The fourth-order valence-electron chi connectivity index (χ4n) is 6.96. The molecule has 0 saturated carbocycles. The van der Waals surface area contributed by atoms with Gasteiger partial charge in [-0.05, 0) is 57.2 Å². The average molecular weight is 582 g/mol. The molecule has 2 atom stereocenters. The van der Waals surface area contributed by atoms with Gasteiger partial charge in [0.25, 0.3) is 0 Å². The van der Waals surface area contributed by atoms with Crippen LogP contribution in [-0.4, -0.2) is 23.0 Å². The number of pyridine rings is 1. The molecule has 0 radical (unpaired) electrons. The molecule has 4 aromatic carbocycles. The molecule has 2 unspecified atom stereocenters. The highest BCUT2D eigenvalue weighted by atomic mass is 28.3. The summed E-state index contributed by atoms with van der Waals surface area (Å²) in [5.41, 5.74) is 7.87. The van der Waals surface area contributed by atoms with Crippen molar-refractivity contribution in [1.82, 2.24) is 15.0 Å². The van der Waals surface area contributed by atoms with Crippen molar-refractivity contribution in [2.45, 2.75) is 13.3 Å². The van der Waals surface area contributed by atoms with Crippen molar-refractivity contribution in [2.75, 3.05) is 0 Å². The van der Waals surface area contributed by atoms with E-state index in [1.807, 2.05) is 24.4 Å². The molecule has 2 aliphatic rings. The van der Waals surface area contributed by atoms with Gasteiger partial charge in [0.15, 0.2) is 5.82 Å². The van der Waals surface area contributed by atoms with Gasteiger partial charge in [0.05, 0.1) is 11.4 Å². The molecule has 8 rings (SSSR count). The van der Waals surface area contributed by atoms with Gasteiger partial charge in [0.2, 0.25) is 8.07 Å². The molecule has 0 N–H and O–H groups in total. The van der Waals surface area contributed by atoms with Gasteiger partial charge in [0.1, 0.15) is 0 Å². The number of rotatable bonds is 5. The van der Waals surface area contributed by atoms with E-state index in [0.717, 1.165) is 40.3 Å². The highest BCUT2D eigenvalue weighted by molar-refractivity contribution is 7.18. The van der Waals surface area contributed by atoms with Gasteiger partial charge in [-0.25, -0.2) is 9.97 Å². The normalized spacial score (nSPS) is 18.6. The molecule has 6 aromatic rings. The zero-order valence-corrected chi connectivity index (χ0v) is 25.6. The number of hydrogen-bond acceptors (Lipinski definition) is 3. The van der Waals surface area contributed by atoms with Gasteiger partial charge >= 0.3 is 0 Å². The van der Waals surface area contributed by atoms with Crippen LogP contribution >= 0.6 is 0 Å². The SMILES string of the molecule is CC1C=CC2=C(C1)c1ccccc1[Si]2(c1ccc(-c2nc(-c3ccccc3)cc(-c3ccccc3)n2)cc1)c1ccccn1. The van der Waals surface area contributed by atoms with Crippen molar-refractivity contribution in [2.24, 2.45) is 5.92 Å². The number of hydrogen-bond donors (Lipinski definition) is 0. The van der Waals surface area contributed by atoms with Crippen LogP contribution in [0.25, 0.3) is 39.5 Å². The summed E-state index contributed by atoms with van der Waals surface area (Å²) in [6.45, 7) is 2.31. The molecule has 44 heavy (non-hydrogen) atoms. The Morgan fingerprint density at radius 1 is 0.636 bits per heavy atom. The summed E-state index contributed by atoms with van der Waals surface area (Å²) in [4.78, 5) is 15.2. The third kappa shape index (κ3) is 4.30. The lowest BCUT2D eigenvalue weighted by atomic mass is 9.91. The minimum absolute atomic E-state index is 0.519. The first-order chi connectivity index (χ1) is 21.7. The summed E-state index contributed by atoms with van der Waals surface area (Å²) in [7, 11) is -2.61. The molecule has 1 aliphatic heterocycles. The third-order valence-corrected chi connectivity index (χ3v) is 13.8. The van der Waals surface area contributed by atoms with Crippen LogP contribution in [0.5, 0.6) is 0 Å². The Morgan fingerprint density at radius 2 is 1.27 bits per heavy atom. The second-order valence-electron chi connectivity index (χ2n) is 11.7. The zero-order chi connectivity index (χ0) is 29.5. The monoisotopic (exact) mass is 581 g/mol. The van der Waals surface area contributed by atoms with Crippen LogP contribution in [0.3, 0.4) is 0 Å². The largest absolute Gasteiger partial charge is 0.265 e. The number of fused-ring (bicyclic) bond motifs is 2. The summed E-state index contributed by atoms with van der Waals surface area (Å²) in [5, 5.41) is 5.41. The topological polar surface area (TPSA) is 38.7 Å². The molecule has 1 aliphatic carbocycles. The minimum atomic E-state index is -2.61. The first kappa shape index (κ1) is 26.4. The molecule has 0 bridgehead atoms. The van der Waals surface area contributed by atoms with E-state index in [1.54, 1.807) is 0 Å². The summed E-state index contributed by atoms with van der Waals surface area (Å²) < 4.78 is 0. The maximum atomic E-state index is 5.08. The van der Waals surface area contributed by atoms with Crippen molar-refractivity contribution in [3.05, 3.63) is 163 Å². The quantitative estimate of drug-likeness (QED) is 0.201. The van der Waals surface area contributed by atoms with E-state index in [4.69, 9.17) is 15.0 Å². The molecule has 0 spiro atoms. The van der Waals surface area contributed by atoms with Crippen molar-refractivity contribution < 1.29 is 0 Å². The Hall–Kier alpha value is -5.19. The van der Waals surface area contributed by atoms with Crippen LogP contribution in [0.1, 0.15) is 18.9 Å². The average Bonchev–Trinajstić information content (AvgIpc) is 3.39. The smallest absolute Gasteiger partial charge is 0.202 e. The standard InChI is InChI=1S/C40H31N3Si/c1-28-19-24-38-34(26-28)33-16-8-9-17-37(33)44(38,39-18-10-11-25-41-39)32-22-20-31(21-23-32)40-42-35(29-12-4-2-5-13-29)27-36(43-40)30-14-6-3-7-15-30/h2-25,27-28H,26H2,1H3. The van der Waals surface area contributed by atoms with E-state index < -0.39 is 8.07 Å². The van der Waals surface area contributed by atoms with Gasteiger partial charge in [-0.1, -0.05) is 134 Å². The summed E-state index contributed by atoms with van der Waals surface area (Å²) in [5.74, 6) is 1.24. The second-order valence-corrected chi connectivity index (χ2v) is 15.4. The third-order valence-electron chi connectivity index (χ3n) is 8.99. The minimum Gasteiger partial charge on any atom is -0.265 e. The number of benzene rings is 4. The predicted molar refractivity (Wildman–Crippen MR) is 184 cm³/mol. The van der Waals surface area contributed by atoms with Crippen LogP contribution in [0, 0.1) is 5.92 Å². The Morgan fingerprint density at radius 3 is 1.93 bits per heavy atom. The van der Waals surface area contributed by atoms with Crippen molar-refractivity contribution in [3.63, 3.8) is 0 Å². The van der Waals surface area contributed by atoms with Crippen molar-refractivity contribution >= 4 is 29.3 Å². The first-order valence-electron chi connectivity index (χ1n) is 15.3. The lowest BCUT2D eigenvalue weighted by Gasteiger charge is -2.32. The Balaban J connectivity index is 1.31. The summed E-state index contributed by atoms with van der Waals surface area (Å²) in [6.07, 6.45) is 7.81. The Labute approximate surface area is 259 Å². The van der Waals surface area contributed by atoms with E-state index in [1.165, 1.54) is 32.0 Å². The van der Waals surface area contributed by atoms with E-state index >= 15 is 0 Å². The highest BCUT2D eigenvalue weighted by Crippen LogP contribution is 2.41. The van der Waals surface area contributed by atoms with Gasteiger partial charge in [-0.3, -0.25) is 4.98 Å². The molecular weight excluding hydrogens is 551 g/mol. The Kier molecular flexibility index (Phi) is 6.50. The molecule has 0 amide bonds. The summed E-state index contributed by atoms with van der Waals surface area (Å²) in [6, 6.07) is 47.3. The maximum Gasteiger partial charge on any atom is 0.202 e. The van der Waals surface area contributed by atoms with E-state index in [9.17, 15) is 0 Å². The number of aromatic nitrogens is 3. The molecule has 3 heterocycles.